The van der Waals surface area contributed by atoms with E-state index in [1.807, 2.05) is 51.1 Å². The van der Waals surface area contributed by atoms with E-state index in [1.54, 1.807) is 19.9 Å². The molecule has 1 unspecified atom stereocenters. The van der Waals surface area contributed by atoms with Crippen LogP contribution in [-0.2, 0) is 19.7 Å². The molecule has 25 heavy (non-hydrogen) atoms. The molecule has 4 heteroatoms. The first-order valence-electron chi connectivity index (χ1n) is 8.66. The van der Waals surface area contributed by atoms with Gasteiger partial charge in [-0.25, -0.2) is 0 Å². The summed E-state index contributed by atoms with van der Waals surface area (Å²) in [5, 5.41) is 3.10. The van der Waals surface area contributed by atoms with Gasteiger partial charge in [-0.2, -0.15) is 0 Å². The van der Waals surface area contributed by atoms with Gasteiger partial charge in [0.2, 0.25) is 5.91 Å². The summed E-state index contributed by atoms with van der Waals surface area (Å²) in [7, 11) is 1.36. The van der Waals surface area contributed by atoms with E-state index in [9.17, 15) is 9.59 Å². The highest BCUT2D eigenvalue weighted by Crippen LogP contribution is 2.36. The van der Waals surface area contributed by atoms with Crippen molar-refractivity contribution in [3.05, 3.63) is 48.6 Å². The number of carbonyl (C=O) groups is 2. The molecule has 0 saturated carbocycles. The van der Waals surface area contributed by atoms with Crippen molar-refractivity contribution in [1.82, 2.24) is 5.32 Å². The third-order valence-corrected chi connectivity index (χ3v) is 5.54. The smallest absolute Gasteiger partial charge is 0.313 e. The molecular weight excluding hydrogens is 314 g/mol. The Bertz CT molecular complexity index is 619. The maximum atomic E-state index is 13.3. The first-order valence-corrected chi connectivity index (χ1v) is 8.66. The third kappa shape index (κ3) is 3.94. The summed E-state index contributed by atoms with van der Waals surface area (Å²) < 4.78 is 4.92. The van der Waals surface area contributed by atoms with E-state index < -0.39 is 16.4 Å². The molecule has 0 aliphatic carbocycles. The monoisotopic (exact) mass is 345 g/mol. The lowest BCUT2D eigenvalue weighted by Crippen LogP contribution is -2.60. The fourth-order valence-electron chi connectivity index (χ4n) is 2.92. The van der Waals surface area contributed by atoms with E-state index in [2.05, 4.69) is 11.9 Å². The van der Waals surface area contributed by atoms with Crippen molar-refractivity contribution in [2.45, 2.75) is 58.4 Å². The van der Waals surface area contributed by atoms with Crippen LogP contribution in [-0.4, -0.2) is 24.5 Å². The average Bonchev–Trinajstić information content (AvgIpc) is 2.58. The summed E-state index contributed by atoms with van der Waals surface area (Å²) >= 11 is 0. The second kappa shape index (κ2) is 7.85. The number of amides is 1. The van der Waals surface area contributed by atoms with Crippen molar-refractivity contribution < 1.29 is 14.3 Å². The highest BCUT2D eigenvalue weighted by atomic mass is 16.5. The molecule has 0 radical (unpaired) electrons. The molecule has 4 nitrogen and oxygen atoms in total. The van der Waals surface area contributed by atoms with Crippen LogP contribution in [0.2, 0.25) is 0 Å². The maximum Gasteiger partial charge on any atom is 0.313 e. The number of hydrogen-bond acceptors (Lipinski definition) is 3. The Labute approximate surface area is 151 Å². The molecule has 138 valence electrons. The maximum absolute atomic E-state index is 13.3. The van der Waals surface area contributed by atoms with E-state index >= 15 is 0 Å². The molecular formula is C21H31NO3. The second-order valence-corrected chi connectivity index (χ2v) is 7.49. The summed E-state index contributed by atoms with van der Waals surface area (Å²) in [6.45, 7) is 13.1. The zero-order valence-electron chi connectivity index (χ0n) is 16.3. The van der Waals surface area contributed by atoms with Crippen LogP contribution in [0.15, 0.2) is 43.0 Å². The summed E-state index contributed by atoms with van der Waals surface area (Å²) in [6, 6.07) is 9.72. The van der Waals surface area contributed by atoms with Crippen LogP contribution in [0.5, 0.6) is 0 Å². The van der Waals surface area contributed by atoms with Gasteiger partial charge in [-0.15, -0.1) is 6.58 Å². The van der Waals surface area contributed by atoms with Crippen LogP contribution in [0.4, 0.5) is 0 Å². The highest BCUT2D eigenvalue weighted by molar-refractivity contribution is 5.90. The Morgan fingerprint density at radius 1 is 1.16 bits per heavy atom. The molecule has 1 rings (SSSR count). The largest absolute Gasteiger partial charge is 0.469 e. The van der Waals surface area contributed by atoms with Gasteiger partial charge in [0.25, 0.3) is 0 Å². The van der Waals surface area contributed by atoms with Crippen LogP contribution in [0.1, 0.15) is 53.0 Å². The van der Waals surface area contributed by atoms with Crippen molar-refractivity contribution >= 4 is 11.9 Å². The van der Waals surface area contributed by atoms with Gasteiger partial charge >= 0.3 is 5.97 Å². The number of rotatable bonds is 8. The number of benzene rings is 1. The summed E-state index contributed by atoms with van der Waals surface area (Å²) in [4.78, 5) is 25.5. The van der Waals surface area contributed by atoms with Gasteiger partial charge < -0.3 is 10.1 Å². The Hall–Kier alpha value is -2.10. The molecule has 0 aliphatic heterocycles. The molecule has 1 atom stereocenters. The molecule has 0 heterocycles. The number of methoxy groups -OCH3 is 1. The Kier molecular flexibility index (Phi) is 6.58. The van der Waals surface area contributed by atoms with Crippen LogP contribution < -0.4 is 5.32 Å². The SMILES string of the molecule is C=CCC(CC)(C(=O)NC(C)(C)C(C)(C)C(=O)OC)c1ccccc1. The number of ether oxygens (including phenoxy) is 1. The van der Waals surface area contributed by atoms with E-state index in [-0.39, 0.29) is 11.9 Å². The van der Waals surface area contributed by atoms with Crippen LogP contribution in [0.25, 0.3) is 0 Å². The standard InChI is InChI=1S/C21H31NO3/c1-8-15-21(9-2,16-13-11-10-12-14-16)17(23)22-20(5,6)19(3,4)18(24)25-7/h8,10-14H,1,9,15H2,2-7H3,(H,22,23). The van der Waals surface area contributed by atoms with Crippen molar-refractivity contribution in [2.24, 2.45) is 5.41 Å². The van der Waals surface area contributed by atoms with Crippen molar-refractivity contribution in [3.63, 3.8) is 0 Å². The highest BCUT2D eigenvalue weighted by Gasteiger charge is 2.48. The Morgan fingerprint density at radius 2 is 1.72 bits per heavy atom. The number of hydrogen-bond donors (Lipinski definition) is 1. The second-order valence-electron chi connectivity index (χ2n) is 7.49. The quantitative estimate of drug-likeness (QED) is 0.572. The summed E-state index contributed by atoms with van der Waals surface area (Å²) in [5.74, 6) is -0.466. The van der Waals surface area contributed by atoms with Crippen molar-refractivity contribution in [2.75, 3.05) is 7.11 Å². The molecule has 1 aromatic carbocycles. The fraction of sp³-hybridized carbons (Fsp3) is 0.524. The van der Waals surface area contributed by atoms with E-state index in [0.717, 1.165) is 5.56 Å². The molecule has 0 aliphatic rings. The minimum atomic E-state index is -0.873. The van der Waals surface area contributed by atoms with Crippen molar-refractivity contribution in [1.29, 1.82) is 0 Å². The minimum Gasteiger partial charge on any atom is -0.469 e. The zero-order chi connectivity index (χ0) is 19.3. The number of nitrogens with one attached hydrogen (secondary N) is 1. The van der Waals surface area contributed by atoms with E-state index in [4.69, 9.17) is 4.74 Å². The predicted molar refractivity (Wildman–Crippen MR) is 101 cm³/mol. The molecule has 1 N–H and O–H groups in total. The minimum absolute atomic E-state index is 0.108. The van der Waals surface area contributed by atoms with E-state index in [1.165, 1.54) is 7.11 Å². The van der Waals surface area contributed by atoms with E-state index in [0.29, 0.717) is 12.8 Å². The number of esters is 1. The lowest BCUT2D eigenvalue weighted by molar-refractivity contribution is -0.156. The molecule has 0 spiro atoms. The van der Waals surface area contributed by atoms with Gasteiger partial charge in [0, 0.05) is 5.54 Å². The lowest BCUT2D eigenvalue weighted by Gasteiger charge is -2.43. The molecule has 0 aromatic heterocycles. The van der Waals surface area contributed by atoms with Gasteiger partial charge in [0.05, 0.1) is 17.9 Å². The van der Waals surface area contributed by atoms with Gasteiger partial charge in [0.1, 0.15) is 0 Å². The molecule has 0 saturated heterocycles. The molecule has 0 fully saturated rings. The first kappa shape index (κ1) is 20.9. The normalized spacial score (nSPS) is 14.3. The van der Waals surface area contributed by atoms with Crippen LogP contribution in [0, 0.1) is 5.41 Å². The topological polar surface area (TPSA) is 55.4 Å². The predicted octanol–water partition coefficient (Wildman–Crippen LogP) is 4.00. The number of carbonyl (C=O) groups excluding carboxylic acids is 2. The molecule has 0 bridgehead atoms. The van der Waals surface area contributed by atoms with Gasteiger partial charge in [-0.1, -0.05) is 43.3 Å². The summed E-state index contributed by atoms with van der Waals surface area (Å²) in [6.07, 6.45) is 2.92. The third-order valence-electron chi connectivity index (χ3n) is 5.54. The van der Waals surface area contributed by atoms with Crippen LogP contribution in [0.3, 0.4) is 0 Å². The average molecular weight is 345 g/mol. The van der Waals surface area contributed by atoms with Crippen molar-refractivity contribution in [3.8, 4) is 0 Å². The number of allylic oxidation sites excluding steroid dienone is 1. The van der Waals surface area contributed by atoms with Gasteiger partial charge in [-0.3, -0.25) is 9.59 Å². The lowest BCUT2D eigenvalue weighted by atomic mass is 9.71. The fourth-order valence-corrected chi connectivity index (χ4v) is 2.92. The first-order chi connectivity index (χ1) is 11.6. The van der Waals surface area contributed by atoms with Crippen LogP contribution >= 0.6 is 0 Å². The zero-order valence-corrected chi connectivity index (χ0v) is 16.3. The summed E-state index contributed by atoms with van der Waals surface area (Å²) in [5.41, 5.74) is -1.43. The van der Waals surface area contributed by atoms with Gasteiger partial charge in [0.15, 0.2) is 0 Å². The molecule has 1 amide bonds. The Morgan fingerprint density at radius 3 is 2.16 bits per heavy atom. The molecule has 1 aromatic rings. The Balaban J connectivity index is 3.28. The van der Waals surface area contributed by atoms with Gasteiger partial charge in [-0.05, 0) is 46.1 Å².